The second kappa shape index (κ2) is 4.93. The Bertz CT molecular complexity index is 423. The van der Waals surface area contributed by atoms with Crippen LogP contribution in [0.1, 0.15) is 58.2 Å². The zero-order valence-corrected chi connectivity index (χ0v) is 12.2. The van der Waals surface area contributed by atoms with Gasteiger partial charge in [-0.25, -0.2) is 0 Å². The van der Waals surface area contributed by atoms with Crippen molar-refractivity contribution in [1.29, 1.82) is 0 Å². The van der Waals surface area contributed by atoms with Gasteiger partial charge in [-0.2, -0.15) is 0 Å². The van der Waals surface area contributed by atoms with E-state index in [4.69, 9.17) is 4.74 Å². The largest absolute Gasteiger partial charge is 0.491 e. The van der Waals surface area contributed by atoms with Crippen LogP contribution in [-0.4, -0.2) is 12.6 Å². The summed E-state index contributed by atoms with van der Waals surface area (Å²) in [6.07, 6.45) is 1.15. The summed E-state index contributed by atoms with van der Waals surface area (Å²) < 4.78 is 5.75. The van der Waals surface area contributed by atoms with Crippen molar-refractivity contribution in [1.82, 2.24) is 5.32 Å². The fourth-order valence-electron chi connectivity index (χ4n) is 2.38. The van der Waals surface area contributed by atoms with Crippen molar-refractivity contribution in [2.75, 3.05) is 6.61 Å². The number of hydrogen-bond donors (Lipinski definition) is 1. The van der Waals surface area contributed by atoms with E-state index in [1.807, 2.05) is 0 Å². The van der Waals surface area contributed by atoms with Crippen LogP contribution in [0, 0.1) is 0 Å². The van der Waals surface area contributed by atoms with Crippen LogP contribution in [-0.2, 0) is 5.41 Å². The minimum absolute atomic E-state index is 0.236. The monoisotopic (exact) mass is 247 g/mol. The van der Waals surface area contributed by atoms with Gasteiger partial charge in [0.2, 0.25) is 0 Å². The molecule has 0 aromatic heterocycles. The Balaban J connectivity index is 2.31. The highest BCUT2D eigenvalue weighted by Crippen LogP contribution is 2.37. The molecule has 0 spiro atoms. The van der Waals surface area contributed by atoms with E-state index in [0.29, 0.717) is 12.1 Å². The van der Waals surface area contributed by atoms with E-state index in [-0.39, 0.29) is 5.41 Å². The van der Waals surface area contributed by atoms with Gasteiger partial charge in [0.1, 0.15) is 12.4 Å². The van der Waals surface area contributed by atoms with Gasteiger partial charge < -0.3 is 10.1 Å². The van der Waals surface area contributed by atoms with E-state index in [1.165, 1.54) is 11.1 Å². The third-order valence-corrected chi connectivity index (χ3v) is 3.99. The first kappa shape index (κ1) is 13.4. The maximum atomic E-state index is 5.75. The SMILES string of the molecule is CCC(C)(C)c1ccc2c(c1)C(NC(C)C)CO2. The number of hydrogen-bond acceptors (Lipinski definition) is 2. The summed E-state index contributed by atoms with van der Waals surface area (Å²) in [7, 11) is 0. The van der Waals surface area contributed by atoms with Crippen molar-refractivity contribution < 1.29 is 4.74 Å². The minimum Gasteiger partial charge on any atom is -0.491 e. The Morgan fingerprint density at radius 3 is 2.72 bits per heavy atom. The van der Waals surface area contributed by atoms with Gasteiger partial charge in [0.25, 0.3) is 0 Å². The van der Waals surface area contributed by atoms with Gasteiger partial charge in [-0.15, -0.1) is 0 Å². The lowest BCUT2D eigenvalue weighted by atomic mass is 9.81. The van der Waals surface area contributed by atoms with E-state index in [0.717, 1.165) is 18.8 Å². The quantitative estimate of drug-likeness (QED) is 0.873. The van der Waals surface area contributed by atoms with Crippen LogP contribution in [0.15, 0.2) is 18.2 Å². The van der Waals surface area contributed by atoms with Crippen LogP contribution in [0.4, 0.5) is 0 Å². The Morgan fingerprint density at radius 1 is 1.39 bits per heavy atom. The Labute approximate surface area is 111 Å². The highest BCUT2D eigenvalue weighted by molar-refractivity contribution is 5.44. The molecule has 0 bridgehead atoms. The first-order valence-electron chi connectivity index (χ1n) is 6.97. The van der Waals surface area contributed by atoms with Gasteiger partial charge in [-0.05, 0) is 29.5 Å². The molecule has 100 valence electrons. The molecule has 2 heteroatoms. The predicted molar refractivity (Wildman–Crippen MR) is 76.3 cm³/mol. The average molecular weight is 247 g/mol. The van der Waals surface area contributed by atoms with Crippen molar-refractivity contribution in [3.05, 3.63) is 29.3 Å². The molecule has 2 nitrogen and oxygen atoms in total. The maximum absolute atomic E-state index is 5.75. The van der Waals surface area contributed by atoms with Gasteiger partial charge in [0.15, 0.2) is 0 Å². The van der Waals surface area contributed by atoms with Crippen molar-refractivity contribution >= 4 is 0 Å². The summed E-state index contributed by atoms with van der Waals surface area (Å²) in [5.74, 6) is 1.05. The van der Waals surface area contributed by atoms with Crippen molar-refractivity contribution in [3.8, 4) is 5.75 Å². The molecule has 2 rings (SSSR count). The van der Waals surface area contributed by atoms with Gasteiger partial charge in [0, 0.05) is 11.6 Å². The predicted octanol–water partition coefficient (Wildman–Crippen LogP) is 3.81. The fourth-order valence-corrected chi connectivity index (χ4v) is 2.38. The molecular formula is C16H25NO. The molecule has 18 heavy (non-hydrogen) atoms. The minimum atomic E-state index is 0.236. The first-order valence-corrected chi connectivity index (χ1v) is 6.97. The van der Waals surface area contributed by atoms with Crippen LogP contribution in [0.2, 0.25) is 0 Å². The van der Waals surface area contributed by atoms with Crippen LogP contribution < -0.4 is 10.1 Å². The van der Waals surface area contributed by atoms with Crippen LogP contribution in [0.3, 0.4) is 0 Å². The number of fused-ring (bicyclic) bond motifs is 1. The molecule has 1 unspecified atom stereocenters. The summed E-state index contributed by atoms with van der Waals surface area (Å²) in [5.41, 5.74) is 2.97. The summed E-state index contributed by atoms with van der Waals surface area (Å²) >= 11 is 0. The van der Waals surface area contributed by atoms with Crippen LogP contribution in [0.5, 0.6) is 5.75 Å². The van der Waals surface area contributed by atoms with E-state index >= 15 is 0 Å². The Morgan fingerprint density at radius 2 is 2.11 bits per heavy atom. The molecule has 0 aliphatic carbocycles. The molecule has 1 aromatic rings. The zero-order chi connectivity index (χ0) is 13.3. The van der Waals surface area contributed by atoms with Crippen molar-refractivity contribution in [2.45, 2.75) is 58.5 Å². The van der Waals surface area contributed by atoms with Crippen LogP contribution >= 0.6 is 0 Å². The Hall–Kier alpha value is -1.02. The molecule has 1 heterocycles. The topological polar surface area (TPSA) is 21.3 Å². The summed E-state index contributed by atoms with van der Waals surface area (Å²) in [5, 5.41) is 3.57. The third kappa shape index (κ3) is 2.54. The highest BCUT2D eigenvalue weighted by Gasteiger charge is 2.27. The molecule has 1 aromatic carbocycles. The smallest absolute Gasteiger partial charge is 0.124 e. The molecule has 0 fully saturated rings. The number of nitrogens with one attached hydrogen (secondary N) is 1. The van der Waals surface area contributed by atoms with Crippen molar-refractivity contribution in [2.24, 2.45) is 0 Å². The summed E-state index contributed by atoms with van der Waals surface area (Å²) in [4.78, 5) is 0. The molecule has 0 amide bonds. The molecule has 0 saturated heterocycles. The summed E-state index contributed by atoms with van der Waals surface area (Å²) in [6, 6.07) is 7.48. The maximum Gasteiger partial charge on any atom is 0.124 e. The average Bonchev–Trinajstić information content (AvgIpc) is 2.71. The first-order chi connectivity index (χ1) is 8.44. The lowest BCUT2D eigenvalue weighted by Gasteiger charge is -2.24. The van der Waals surface area contributed by atoms with Crippen LogP contribution in [0.25, 0.3) is 0 Å². The van der Waals surface area contributed by atoms with Gasteiger partial charge in [-0.3, -0.25) is 0 Å². The molecule has 0 saturated carbocycles. The number of rotatable bonds is 4. The second-order valence-electron chi connectivity index (χ2n) is 6.17. The Kier molecular flexibility index (Phi) is 3.67. The van der Waals surface area contributed by atoms with Gasteiger partial charge in [0.05, 0.1) is 6.04 Å². The lowest BCUT2D eigenvalue weighted by Crippen LogP contribution is -2.29. The summed E-state index contributed by atoms with van der Waals surface area (Å²) in [6.45, 7) is 12.0. The second-order valence-corrected chi connectivity index (χ2v) is 6.17. The molecular weight excluding hydrogens is 222 g/mol. The zero-order valence-electron chi connectivity index (χ0n) is 12.2. The van der Waals surface area contributed by atoms with E-state index in [1.54, 1.807) is 0 Å². The molecule has 1 N–H and O–H groups in total. The van der Waals surface area contributed by atoms with Gasteiger partial charge in [-0.1, -0.05) is 40.7 Å². The number of benzene rings is 1. The van der Waals surface area contributed by atoms with E-state index < -0.39 is 0 Å². The van der Waals surface area contributed by atoms with Gasteiger partial charge >= 0.3 is 0 Å². The molecule has 1 aliphatic heterocycles. The third-order valence-electron chi connectivity index (χ3n) is 3.99. The standard InChI is InChI=1S/C16H25NO/c1-6-16(4,5)12-7-8-15-13(9-12)14(10-18-15)17-11(2)3/h7-9,11,14,17H,6,10H2,1-5H3. The fraction of sp³-hybridized carbons (Fsp3) is 0.625. The normalized spacial score (nSPS) is 18.9. The molecule has 1 atom stereocenters. The molecule has 0 radical (unpaired) electrons. The van der Waals surface area contributed by atoms with E-state index in [9.17, 15) is 0 Å². The van der Waals surface area contributed by atoms with Crippen molar-refractivity contribution in [3.63, 3.8) is 0 Å². The lowest BCUT2D eigenvalue weighted by molar-refractivity contribution is 0.303. The highest BCUT2D eigenvalue weighted by atomic mass is 16.5. The molecule has 1 aliphatic rings. The number of ether oxygens (including phenoxy) is 1. The van der Waals surface area contributed by atoms with E-state index in [2.05, 4.69) is 58.1 Å².